The number of nitrogens with zero attached hydrogens (tertiary/aromatic N) is 1. The van der Waals surface area contributed by atoms with E-state index in [-0.39, 0.29) is 17.9 Å². The highest BCUT2D eigenvalue weighted by molar-refractivity contribution is 7.98. The minimum atomic E-state index is -0.491. The van der Waals surface area contributed by atoms with Gasteiger partial charge in [-0.15, -0.1) is 0 Å². The van der Waals surface area contributed by atoms with Crippen molar-refractivity contribution < 1.29 is 9.59 Å². The Hall–Kier alpha value is -1.98. The summed E-state index contributed by atoms with van der Waals surface area (Å²) in [5, 5.41) is 3.84. The molecule has 178 valence electrons. The van der Waals surface area contributed by atoms with E-state index in [0.717, 1.165) is 37.0 Å². The smallest absolute Gasteiger partial charge is 0.243 e. The topological polar surface area (TPSA) is 49.4 Å². The Kier molecular flexibility index (Phi) is 10.6. The number of halogens is 1. The van der Waals surface area contributed by atoms with Gasteiger partial charge < -0.3 is 10.2 Å². The Balaban J connectivity index is 1.66. The molecule has 3 rings (SSSR count). The molecule has 1 atom stereocenters. The van der Waals surface area contributed by atoms with Gasteiger partial charge in [0.25, 0.3) is 0 Å². The summed E-state index contributed by atoms with van der Waals surface area (Å²) < 4.78 is 0. The van der Waals surface area contributed by atoms with Gasteiger partial charge in [0.1, 0.15) is 6.04 Å². The van der Waals surface area contributed by atoms with Crippen LogP contribution in [0.3, 0.4) is 0 Å². The molecule has 1 N–H and O–H groups in total. The van der Waals surface area contributed by atoms with Gasteiger partial charge in [0.05, 0.1) is 0 Å². The molecule has 0 saturated heterocycles. The minimum absolute atomic E-state index is 0.00104. The maximum Gasteiger partial charge on any atom is 0.243 e. The Morgan fingerprint density at radius 2 is 1.76 bits per heavy atom. The third-order valence-electron chi connectivity index (χ3n) is 6.21. The lowest BCUT2D eigenvalue weighted by atomic mass is 9.95. The number of rotatable bonds is 11. The summed E-state index contributed by atoms with van der Waals surface area (Å²) in [5.74, 6) is 1.55. The van der Waals surface area contributed by atoms with Crippen LogP contribution in [0.4, 0.5) is 0 Å². The average Bonchev–Trinajstić information content (AvgIpc) is 2.84. The summed E-state index contributed by atoms with van der Waals surface area (Å²) in [6.07, 6.45) is 6.57. The first-order valence-corrected chi connectivity index (χ1v) is 13.6. The second kappa shape index (κ2) is 13.7. The fraction of sp³-hybridized carbons (Fsp3) is 0.481. The van der Waals surface area contributed by atoms with E-state index < -0.39 is 6.04 Å². The highest BCUT2D eigenvalue weighted by Gasteiger charge is 2.30. The van der Waals surface area contributed by atoms with Crippen molar-refractivity contribution in [2.75, 3.05) is 5.75 Å². The Labute approximate surface area is 207 Å². The lowest BCUT2D eigenvalue weighted by Crippen LogP contribution is -2.51. The molecule has 1 aliphatic rings. The molecule has 1 aliphatic carbocycles. The summed E-state index contributed by atoms with van der Waals surface area (Å²) in [7, 11) is 0. The summed E-state index contributed by atoms with van der Waals surface area (Å²) in [6, 6.07) is 17.6. The fourth-order valence-electron chi connectivity index (χ4n) is 4.34. The Morgan fingerprint density at radius 3 is 2.45 bits per heavy atom. The first kappa shape index (κ1) is 25.6. The summed E-state index contributed by atoms with van der Waals surface area (Å²) in [5.41, 5.74) is 2.12. The van der Waals surface area contributed by atoms with Gasteiger partial charge in [-0.25, -0.2) is 0 Å². The van der Waals surface area contributed by atoms with Gasteiger partial charge in [0.2, 0.25) is 11.8 Å². The zero-order valence-electron chi connectivity index (χ0n) is 19.5. The SMILES string of the molecule is CCC(C(=O)NC1CCCCC1)N(Cc1ccccc1Cl)C(=O)CCSCc1ccccc1. The van der Waals surface area contributed by atoms with Crippen molar-refractivity contribution in [3.05, 3.63) is 70.7 Å². The largest absolute Gasteiger partial charge is 0.352 e. The highest BCUT2D eigenvalue weighted by atomic mass is 35.5. The van der Waals surface area contributed by atoms with Crippen molar-refractivity contribution in [3.8, 4) is 0 Å². The van der Waals surface area contributed by atoms with Gasteiger partial charge in [-0.3, -0.25) is 9.59 Å². The third-order valence-corrected chi connectivity index (χ3v) is 7.61. The number of benzene rings is 2. The molecule has 0 heterocycles. The molecule has 1 saturated carbocycles. The van der Waals surface area contributed by atoms with E-state index in [1.807, 2.05) is 49.4 Å². The predicted molar refractivity (Wildman–Crippen MR) is 138 cm³/mol. The van der Waals surface area contributed by atoms with Crippen molar-refractivity contribution in [3.63, 3.8) is 0 Å². The Morgan fingerprint density at radius 1 is 1.06 bits per heavy atom. The molecular weight excluding hydrogens is 452 g/mol. The number of nitrogens with one attached hydrogen (secondary N) is 1. The van der Waals surface area contributed by atoms with E-state index in [2.05, 4.69) is 17.4 Å². The van der Waals surface area contributed by atoms with Crippen LogP contribution in [0.1, 0.15) is 63.0 Å². The summed E-state index contributed by atoms with van der Waals surface area (Å²) in [4.78, 5) is 28.3. The molecule has 1 fully saturated rings. The molecule has 4 nitrogen and oxygen atoms in total. The zero-order chi connectivity index (χ0) is 23.5. The van der Waals surface area contributed by atoms with Gasteiger partial charge in [0, 0.05) is 35.5 Å². The lowest BCUT2D eigenvalue weighted by molar-refractivity contribution is -0.141. The maximum atomic E-state index is 13.4. The van der Waals surface area contributed by atoms with E-state index in [9.17, 15) is 9.59 Å². The number of thioether (sulfide) groups is 1. The van der Waals surface area contributed by atoms with Crippen LogP contribution < -0.4 is 5.32 Å². The molecule has 6 heteroatoms. The van der Waals surface area contributed by atoms with Crippen LogP contribution in [-0.2, 0) is 21.9 Å². The van der Waals surface area contributed by atoms with Crippen molar-refractivity contribution in [2.45, 2.75) is 76.3 Å². The van der Waals surface area contributed by atoms with Crippen LogP contribution >= 0.6 is 23.4 Å². The number of amides is 2. The first-order valence-electron chi connectivity index (χ1n) is 12.0. The summed E-state index contributed by atoms with van der Waals surface area (Å²) in [6.45, 7) is 2.32. The van der Waals surface area contributed by atoms with Crippen molar-refractivity contribution in [1.82, 2.24) is 10.2 Å². The molecule has 0 radical (unpaired) electrons. The molecule has 2 amide bonds. The van der Waals surface area contributed by atoms with Crippen molar-refractivity contribution in [2.24, 2.45) is 0 Å². The van der Waals surface area contributed by atoms with Gasteiger partial charge >= 0.3 is 0 Å². The lowest BCUT2D eigenvalue weighted by Gasteiger charge is -2.33. The predicted octanol–water partition coefficient (Wildman–Crippen LogP) is 6.22. The van der Waals surface area contributed by atoms with Crippen LogP contribution in [0.5, 0.6) is 0 Å². The molecule has 1 unspecified atom stereocenters. The monoisotopic (exact) mass is 486 g/mol. The molecule has 33 heavy (non-hydrogen) atoms. The van der Waals surface area contributed by atoms with Crippen LogP contribution in [0.15, 0.2) is 54.6 Å². The van der Waals surface area contributed by atoms with Crippen LogP contribution in [0.2, 0.25) is 5.02 Å². The quantitative estimate of drug-likeness (QED) is 0.383. The minimum Gasteiger partial charge on any atom is -0.352 e. The van der Waals surface area contributed by atoms with E-state index in [1.54, 1.807) is 16.7 Å². The third kappa shape index (κ3) is 8.08. The van der Waals surface area contributed by atoms with Gasteiger partial charge in [-0.1, -0.05) is 86.3 Å². The number of carbonyl (C=O) groups is 2. The molecule has 0 spiro atoms. The number of hydrogen-bond acceptors (Lipinski definition) is 3. The fourth-order valence-corrected chi connectivity index (χ4v) is 5.43. The molecule has 0 aromatic heterocycles. The molecule has 0 bridgehead atoms. The molecule has 0 aliphatic heterocycles. The average molecular weight is 487 g/mol. The summed E-state index contributed by atoms with van der Waals surface area (Å²) >= 11 is 8.15. The molecular formula is C27H35ClN2O2S. The second-order valence-corrected chi connectivity index (χ2v) is 10.2. The number of hydrogen-bond donors (Lipinski definition) is 1. The zero-order valence-corrected chi connectivity index (χ0v) is 21.0. The van der Waals surface area contributed by atoms with E-state index in [4.69, 9.17) is 11.6 Å². The molecule has 2 aromatic rings. The van der Waals surface area contributed by atoms with Crippen molar-refractivity contribution >= 4 is 35.2 Å². The van der Waals surface area contributed by atoms with Crippen LogP contribution in [0, 0.1) is 0 Å². The van der Waals surface area contributed by atoms with E-state index in [0.29, 0.717) is 30.2 Å². The van der Waals surface area contributed by atoms with Gasteiger partial charge in [0.15, 0.2) is 0 Å². The van der Waals surface area contributed by atoms with Crippen molar-refractivity contribution in [1.29, 1.82) is 0 Å². The standard InChI is InChI=1S/C27H35ClN2O2S/c1-2-25(27(32)29-23-14-7-4-8-15-23)30(19-22-13-9-10-16-24(22)28)26(31)17-18-33-20-21-11-5-3-6-12-21/h3,5-6,9-13,16,23,25H,2,4,7-8,14-15,17-20H2,1H3,(H,29,32). The van der Waals surface area contributed by atoms with Gasteiger partial charge in [-0.2, -0.15) is 11.8 Å². The van der Waals surface area contributed by atoms with Crippen LogP contribution in [0.25, 0.3) is 0 Å². The number of carbonyl (C=O) groups excluding carboxylic acids is 2. The first-order chi connectivity index (χ1) is 16.1. The van der Waals surface area contributed by atoms with E-state index in [1.165, 1.54) is 12.0 Å². The maximum absolute atomic E-state index is 13.4. The highest BCUT2D eigenvalue weighted by Crippen LogP contribution is 2.22. The normalized spacial score (nSPS) is 15.1. The van der Waals surface area contributed by atoms with Crippen LogP contribution in [-0.4, -0.2) is 34.6 Å². The van der Waals surface area contributed by atoms with E-state index >= 15 is 0 Å². The van der Waals surface area contributed by atoms with Gasteiger partial charge in [-0.05, 0) is 36.5 Å². The Bertz CT molecular complexity index is 887. The second-order valence-electron chi connectivity index (χ2n) is 8.67. The molecule has 2 aromatic carbocycles.